The van der Waals surface area contributed by atoms with Crippen molar-refractivity contribution in [2.24, 2.45) is 5.92 Å². The predicted molar refractivity (Wildman–Crippen MR) is 103 cm³/mol. The average molecular weight is 366 g/mol. The molecule has 2 atom stereocenters. The fraction of sp³-hybridized carbons (Fsp3) is 0.476. The standard InChI is InChI=1S/C21H26N4O2/c1-26-19-7-3-5-17(12-19)14-27-13-16-4-2-6-18(9-8-16)20-10-11-22-21-23-15-24-25(20)21/h3,5,7,10-12,15-16,18H,2,4,6,8-9,13-14H2,1H3. The monoisotopic (exact) mass is 366 g/mol. The van der Waals surface area contributed by atoms with E-state index in [-0.39, 0.29) is 0 Å². The van der Waals surface area contributed by atoms with Crippen molar-refractivity contribution in [2.45, 2.75) is 44.6 Å². The molecule has 0 spiro atoms. The van der Waals surface area contributed by atoms with Crippen molar-refractivity contribution < 1.29 is 9.47 Å². The summed E-state index contributed by atoms with van der Waals surface area (Å²) in [5.74, 6) is 2.70. The van der Waals surface area contributed by atoms with Crippen LogP contribution in [0.2, 0.25) is 0 Å². The number of aromatic nitrogens is 4. The molecule has 2 unspecified atom stereocenters. The minimum absolute atomic E-state index is 0.514. The molecule has 6 nitrogen and oxygen atoms in total. The van der Waals surface area contributed by atoms with Gasteiger partial charge in [-0.25, -0.2) is 9.50 Å². The van der Waals surface area contributed by atoms with Gasteiger partial charge in [-0.2, -0.15) is 10.1 Å². The zero-order valence-electron chi connectivity index (χ0n) is 15.8. The number of fused-ring (bicyclic) bond motifs is 1. The lowest BCUT2D eigenvalue weighted by Crippen LogP contribution is -2.10. The zero-order valence-corrected chi connectivity index (χ0v) is 15.8. The highest BCUT2D eigenvalue weighted by molar-refractivity contribution is 5.28. The first-order chi connectivity index (χ1) is 13.3. The molecular formula is C21H26N4O2. The van der Waals surface area contributed by atoms with Gasteiger partial charge in [0.25, 0.3) is 5.78 Å². The van der Waals surface area contributed by atoms with Crippen LogP contribution in [-0.2, 0) is 11.3 Å². The van der Waals surface area contributed by atoms with Gasteiger partial charge in [-0.1, -0.05) is 18.6 Å². The summed E-state index contributed by atoms with van der Waals surface area (Å²) in [4.78, 5) is 8.48. The van der Waals surface area contributed by atoms with Gasteiger partial charge in [0, 0.05) is 18.7 Å². The van der Waals surface area contributed by atoms with E-state index in [0.717, 1.165) is 24.3 Å². The summed E-state index contributed by atoms with van der Waals surface area (Å²) >= 11 is 0. The molecule has 1 aliphatic rings. The number of benzene rings is 1. The maximum Gasteiger partial charge on any atom is 0.252 e. The second-order valence-corrected chi connectivity index (χ2v) is 7.28. The molecule has 0 aliphatic heterocycles. The summed E-state index contributed by atoms with van der Waals surface area (Å²) in [7, 11) is 1.69. The van der Waals surface area contributed by atoms with Crippen LogP contribution in [0.5, 0.6) is 5.75 Å². The van der Waals surface area contributed by atoms with E-state index in [9.17, 15) is 0 Å². The molecule has 0 bridgehead atoms. The van der Waals surface area contributed by atoms with Gasteiger partial charge < -0.3 is 9.47 Å². The van der Waals surface area contributed by atoms with Gasteiger partial charge in [0.2, 0.25) is 0 Å². The predicted octanol–water partition coefficient (Wildman–Crippen LogP) is 4.01. The van der Waals surface area contributed by atoms with Gasteiger partial charge in [0.1, 0.15) is 12.1 Å². The minimum atomic E-state index is 0.514. The van der Waals surface area contributed by atoms with E-state index in [1.54, 1.807) is 13.4 Å². The summed E-state index contributed by atoms with van der Waals surface area (Å²) in [6.07, 6.45) is 9.39. The Bertz CT molecular complexity index is 879. The Hall–Kier alpha value is -2.47. The molecule has 1 fully saturated rings. The first-order valence-electron chi connectivity index (χ1n) is 9.69. The van der Waals surface area contributed by atoms with E-state index < -0.39 is 0 Å². The molecule has 1 aromatic carbocycles. The molecule has 0 radical (unpaired) electrons. The maximum atomic E-state index is 6.02. The second kappa shape index (κ2) is 8.48. The van der Waals surface area contributed by atoms with E-state index in [4.69, 9.17) is 9.47 Å². The molecule has 0 saturated heterocycles. The molecule has 6 heteroatoms. The fourth-order valence-electron chi connectivity index (χ4n) is 4.01. The molecule has 1 aliphatic carbocycles. The van der Waals surface area contributed by atoms with E-state index in [1.165, 1.54) is 31.4 Å². The number of nitrogens with zero attached hydrogens (tertiary/aromatic N) is 4. The molecule has 0 N–H and O–H groups in total. The van der Waals surface area contributed by atoms with Crippen LogP contribution in [0.15, 0.2) is 42.9 Å². The van der Waals surface area contributed by atoms with Crippen LogP contribution in [0.1, 0.15) is 49.3 Å². The van der Waals surface area contributed by atoms with Crippen LogP contribution in [0.3, 0.4) is 0 Å². The zero-order chi connectivity index (χ0) is 18.5. The van der Waals surface area contributed by atoms with Crippen LogP contribution >= 0.6 is 0 Å². The topological polar surface area (TPSA) is 61.5 Å². The normalized spacial score (nSPS) is 20.5. The number of methoxy groups -OCH3 is 1. The van der Waals surface area contributed by atoms with Crippen LogP contribution in [0, 0.1) is 5.92 Å². The highest BCUT2D eigenvalue weighted by atomic mass is 16.5. The van der Waals surface area contributed by atoms with Gasteiger partial charge in [-0.05, 0) is 55.4 Å². The Morgan fingerprint density at radius 1 is 1.11 bits per heavy atom. The van der Waals surface area contributed by atoms with E-state index in [1.807, 2.05) is 28.9 Å². The Morgan fingerprint density at radius 2 is 2.07 bits per heavy atom. The third-order valence-electron chi connectivity index (χ3n) is 5.47. The molecule has 0 amide bonds. The number of ether oxygens (including phenoxy) is 2. The highest BCUT2D eigenvalue weighted by Crippen LogP contribution is 2.34. The summed E-state index contributed by atoms with van der Waals surface area (Å²) in [6, 6.07) is 10.2. The molecule has 2 heterocycles. The van der Waals surface area contributed by atoms with E-state index in [2.05, 4.69) is 27.2 Å². The van der Waals surface area contributed by atoms with Crippen LogP contribution in [0.25, 0.3) is 5.78 Å². The minimum Gasteiger partial charge on any atom is -0.497 e. The third-order valence-corrected chi connectivity index (χ3v) is 5.47. The van der Waals surface area contributed by atoms with Crippen LogP contribution in [0.4, 0.5) is 0 Å². The lowest BCUT2D eigenvalue weighted by atomic mass is 9.95. The van der Waals surface area contributed by atoms with Crippen molar-refractivity contribution in [3.8, 4) is 5.75 Å². The van der Waals surface area contributed by atoms with Crippen LogP contribution < -0.4 is 4.74 Å². The molecule has 4 rings (SSSR count). The first-order valence-corrected chi connectivity index (χ1v) is 9.69. The maximum absolute atomic E-state index is 6.02. The summed E-state index contributed by atoms with van der Waals surface area (Å²) in [5.41, 5.74) is 2.39. The quantitative estimate of drug-likeness (QED) is 0.617. The van der Waals surface area contributed by atoms with Crippen molar-refractivity contribution in [1.29, 1.82) is 0 Å². The lowest BCUT2D eigenvalue weighted by molar-refractivity contribution is 0.0816. The SMILES string of the molecule is COc1cccc(COCC2CCCC(c3ccnc4ncnn34)CC2)c1. The Balaban J connectivity index is 1.31. The molecule has 1 saturated carbocycles. The molecule has 27 heavy (non-hydrogen) atoms. The van der Waals surface area contributed by atoms with E-state index in [0.29, 0.717) is 24.2 Å². The second-order valence-electron chi connectivity index (χ2n) is 7.28. The molecular weight excluding hydrogens is 340 g/mol. The van der Waals surface area contributed by atoms with Gasteiger partial charge >= 0.3 is 0 Å². The average Bonchev–Trinajstić information content (AvgIpc) is 3.07. The Kier molecular flexibility index (Phi) is 5.63. The van der Waals surface area contributed by atoms with Crippen LogP contribution in [-0.4, -0.2) is 33.3 Å². The van der Waals surface area contributed by atoms with Crippen molar-refractivity contribution in [3.63, 3.8) is 0 Å². The first kappa shape index (κ1) is 17.9. The fourth-order valence-corrected chi connectivity index (χ4v) is 4.01. The van der Waals surface area contributed by atoms with Gasteiger partial charge in [-0.15, -0.1) is 0 Å². The van der Waals surface area contributed by atoms with Crippen molar-refractivity contribution in [2.75, 3.05) is 13.7 Å². The Morgan fingerprint density at radius 3 is 3.00 bits per heavy atom. The van der Waals surface area contributed by atoms with Crippen molar-refractivity contribution in [3.05, 3.63) is 54.1 Å². The highest BCUT2D eigenvalue weighted by Gasteiger charge is 2.22. The van der Waals surface area contributed by atoms with Gasteiger partial charge in [0.05, 0.1) is 19.4 Å². The van der Waals surface area contributed by atoms with Gasteiger partial charge in [-0.3, -0.25) is 0 Å². The Labute approximate surface area is 159 Å². The number of hydrogen-bond donors (Lipinski definition) is 0. The number of rotatable bonds is 6. The van der Waals surface area contributed by atoms with Crippen molar-refractivity contribution >= 4 is 5.78 Å². The largest absolute Gasteiger partial charge is 0.497 e. The lowest BCUT2D eigenvalue weighted by Gasteiger charge is -2.16. The molecule has 3 aromatic rings. The summed E-state index contributed by atoms with van der Waals surface area (Å²) in [6.45, 7) is 1.46. The number of hydrogen-bond acceptors (Lipinski definition) is 5. The van der Waals surface area contributed by atoms with Gasteiger partial charge in [0.15, 0.2) is 0 Å². The smallest absolute Gasteiger partial charge is 0.252 e. The van der Waals surface area contributed by atoms with Crippen molar-refractivity contribution in [1.82, 2.24) is 19.6 Å². The molecule has 142 valence electrons. The third kappa shape index (κ3) is 4.27. The summed E-state index contributed by atoms with van der Waals surface area (Å²) < 4.78 is 13.2. The summed E-state index contributed by atoms with van der Waals surface area (Å²) in [5, 5.41) is 4.35. The molecule has 2 aromatic heterocycles. The van der Waals surface area contributed by atoms with E-state index >= 15 is 0 Å².